The van der Waals surface area contributed by atoms with Crippen molar-refractivity contribution in [2.24, 2.45) is 5.73 Å². The molecular weight excluding hydrogens is 555 g/mol. The Morgan fingerprint density at radius 1 is 1.03 bits per heavy atom. The van der Waals surface area contributed by atoms with Gasteiger partial charge in [0.05, 0.1) is 20.3 Å². The van der Waals surface area contributed by atoms with Crippen LogP contribution in [-0.2, 0) is 36.8 Å². The molecular formula is C24H27IN2O7. The van der Waals surface area contributed by atoms with Crippen LogP contribution in [0.3, 0.4) is 0 Å². The van der Waals surface area contributed by atoms with Gasteiger partial charge in [-0.25, -0.2) is 9.59 Å². The molecule has 0 heterocycles. The third-order valence-corrected chi connectivity index (χ3v) is 6.02. The first-order chi connectivity index (χ1) is 16.2. The van der Waals surface area contributed by atoms with Gasteiger partial charge in [0, 0.05) is 22.0 Å². The quantitative estimate of drug-likeness (QED) is 0.179. The summed E-state index contributed by atoms with van der Waals surface area (Å²) < 4.78 is 15.4. The van der Waals surface area contributed by atoms with Gasteiger partial charge in [-0.3, -0.25) is 9.59 Å². The second-order valence-corrected chi connectivity index (χ2v) is 8.54. The summed E-state index contributed by atoms with van der Waals surface area (Å²) in [5.74, 6) is -1.44. The molecule has 0 saturated heterocycles. The van der Waals surface area contributed by atoms with Crippen LogP contribution in [0.5, 0.6) is 0 Å². The van der Waals surface area contributed by atoms with Crippen molar-refractivity contribution >= 4 is 46.4 Å². The number of alkyl carbamates (subject to hydrolysis) is 1. The fraction of sp³-hybridized carbons (Fsp3) is 0.333. The molecule has 0 aliphatic heterocycles. The summed E-state index contributed by atoms with van der Waals surface area (Å²) in [4.78, 5) is 48.6. The highest BCUT2D eigenvalue weighted by Gasteiger charge is 2.25. The minimum absolute atomic E-state index is 0.0278. The average molecular weight is 582 g/mol. The van der Waals surface area contributed by atoms with Crippen molar-refractivity contribution in [3.63, 3.8) is 0 Å². The number of benzene rings is 2. The summed E-state index contributed by atoms with van der Waals surface area (Å²) in [5, 5.41) is 2.52. The number of nitrogens with two attached hydrogens (primary N) is 1. The molecule has 0 saturated carbocycles. The van der Waals surface area contributed by atoms with Crippen LogP contribution in [0.25, 0.3) is 0 Å². The zero-order chi connectivity index (χ0) is 25.1. The molecule has 3 N–H and O–H groups in total. The maximum Gasteiger partial charge on any atom is 0.408 e. The van der Waals surface area contributed by atoms with E-state index < -0.39 is 30.1 Å². The zero-order valence-electron chi connectivity index (χ0n) is 18.9. The van der Waals surface area contributed by atoms with Crippen molar-refractivity contribution in [2.45, 2.75) is 38.0 Å². The number of hydrogen-bond acceptors (Lipinski definition) is 8. The number of methoxy groups -OCH3 is 2. The van der Waals surface area contributed by atoms with Gasteiger partial charge in [-0.15, -0.1) is 0 Å². The Bertz CT molecular complexity index is 1010. The summed E-state index contributed by atoms with van der Waals surface area (Å²) in [7, 11) is 2.49. The van der Waals surface area contributed by atoms with Crippen LogP contribution in [0.4, 0.5) is 4.79 Å². The van der Waals surface area contributed by atoms with Crippen molar-refractivity contribution in [1.29, 1.82) is 0 Å². The van der Waals surface area contributed by atoms with Gasteiger partial charge in [-0.2, -0.15) is 0 Å². The molecule has 0 bridgehead atoms. The molecule has 0 aromatic heterocycles. The lowest BCUT2D eigenvalue weighted by Gasteiger charge is -2.18. The molecule has 0 unspecified atom stereocenters. The van der Waals surface area contributed by atoms with E-state index >= 15 is 0 Å². The number of carbonyl (C=O) groups excluding carboxylic acids is 4. The van der Waals surface area contributed by atoms with Crippen molar-refractivity contribution in [3.05, 3.63) is 68.8 Å². The predicted octanol–water partition coefficient (Wildman–Crippen LogP) is 2.76. The molecule has 2 aromatic carbocycles. The van der Waals surface area contributed by atoms with Crippen molar-refractivity contribution in [2.75, 3.05) is 14.2 Å². The Morgan fingerprint density at radius 2 is 1.74 bits per heavy atom. The number of halogens is 1. The molecule has 2 atom stereocenters. The summed E-state index contributed by atoms with van der Waals surface area (Å²) in [5.41, 5.74) is 7.73. The number of ether oxygens (including phenoxy) is 3. The first kappa shape index (κ1) is 27.3. The largest absolute Gasteiger partial charge is 0.469 e. The third kappa shape index (κ3) is 8.41. The van der Waals surface area contributed by atoms with E-state index in [-0.39, 0.29) is 31.7 Å². The third-order valence-electron chi connectivity index (χ3n) is 4.97. The van der Waals surface area contributed by atoms with E-state index in [0.29, 0.717) is 11.1 Å². The van der Waals surface area contributed by atoms with Crippen LogP contribution in [-0.4, -0.2) is 50.1 Å². The Labute approximate surface area is 211 Å². The van der Waals surface area contributed by atoms with Gasteiger partial charge < -0.3 is 25.3 Å². The average Bonchev–Trinajstić information content (AvgIpc) is 2.86. The molecule has 2 aromatic rings. The monoisotopic (exact) mass is 582 g/mol. The van der Waals surface area contributed by atoms with Gasteiger partial charge in [0.2, 0.25) is 0 Å². The van der Waals surface area contributed by atoms with Crippen LogP contribution < -0.4 is 11.1 Å². The van der Waals surface area contributed by atoms with Crippen LogP contribution in [0, 0.1) is 3.57 Å². The topological polar surface area (TPSA) is 134 Å². The minimum Gasteiger partial charge on any atom is -0.469 e. The zero-order valence-corrected chi connectivity index (χ0v) is 21.1. The van der Waals surface area contributed by atoms with Gasteiger partial charge in [0.15, 0.2) is 5.78 Å². The number of hydrogen-bond donors (Lipinski definition) is 2. The van der Waals surface area contributed by atoms with E-state index in [2.05, 4.69) is 32.6 Å². The molecule has 34 heavy (non-hydrogen) atoms. The summed E-state index contributed by atoms with van der Waals surface area (Å²) in [6, 6.07) is 12.2. The van der Waals surface area contributed by atoms with Crippen molar-refractivity contribution in [1.82, 2.24) is 5.32 Å². The predicted molar refractivity (Wildman–Crippen MR) is 132 cm³/mol. The lowest BCUT2D eigenvalue weighted by Crippen LogP contribution is -2.43. The Hall–Kier alpha value is -2.99. The second-order valence-electron chi connectivity index (χ2n) is 7.38. The van der Waals surface area contributed by atoms with Gasteiger partial charge in [0.1, 0.15) is 12.6 Å². The maximum atomic E-state index is 12.7. The lowest BCUT2D eigenvalue weighted by molar-refractivity contribution is -0.143. The number of Topliss-reactive ketones (excluding diaryl/α,β-unsaturated/α-hetero) is 1. The maximum absolute atomic E-state index is 12.7. The molecule has 0 spiro atoms. The number of rotatable bonds is 11. The number of amides is 1. The van der Waals surface area contributed by atoms with Gasteiger partial charge >= 0.3 is 18.0 Å². The molecule has 0 radical (unpaired) electrons. The Balaban J connectivity index is 2.09. The standard InChI is InChI=1S/C24H27IN2O7/c1-32-21(28)11-10-19(26)22(29)16-8-9-18(25)17(12-16)13-20(23(30)33-2)27-24(31)34-14-15-6-4-3-5-7-15/h3-9,12,19-20H,10-11,13-14,26H2,1-2H3,(H,27,31)/t19-,20-/m0/s1. The molecule has 0 aliphatic carbocycles. The fourth-order valence-corrected chi connectivity index (χ4v) is 3.62. The summed E-state index contributed by atoms with van der Waals surface area (Å²) >= 11 is 2.08. The fourth-order valence-electron chi connectivity index (χ4n) is 3.07. The Kier molecular flexibility index (Phi) is 10.9. The van der Waals surface area contributed by atoms with Crippen LogP contribution >= 0.6 is 22.6 Å². The molecule has 182 valence electrons. The van der Waals surface area contributed by atoms with Gasteiger partial charge in [-0.05, 0) is 52.3 Å². The number of ketones is 1. The lowest BCUT2D eigenvalue weighted by atomic mass is 9.97. The first-order valence-corrected chi connectivity index (χ1v) is 11.5. The van der Waals surface area contributed by atoms with Crippen LogP contribution in [0.2, 0.25) is 0 Å². The SMILES string of the molecule is COC(=O)CC[C@H](N)C(=O)c1ccc(I)c(C[C@H](NC(=O)OCc2ccccc2)C(=O)OC)c1. The van der Waals surface area contributed by atoms with E-state index in [0.717, 1.165) is 9.13 Å². The Morgan fingerprint density at radius 3 is 2.38 bits per heavy atom. The molecule has 0 aliphatic rings. The smallest absolute Gasteiger partial charge is 0.408 e. The van der Waals surface area contributed by atoms with Crippen LogP contribution in [0.15, 0.2) is 48.5 Å². The van der Waals surface area contributed by atoms with Crippen molar-refractivity contribution in [3.8, 4) is 0 Å². The van der Waals surface area contributed by atoms with Gasteiger partial charge in [0.25, 0.3) is 0 Å². The number of nitrogens with one attached hydrogen (secondary N) is 1. The first-order valence-electron chi connectivity index (χ1n) is 10.4. The van der Waals surface area contributed by atoms with E-state index in [1.54, 1.807) is 18.2 Å². The summed E-state index contributed by atoms with van der Waals surface area (Å²) in [6.07, 6.45) is -0.526. The van der Waals surface area contributed by atoms with E-state index in [9.17, 15) is 19.2 Å². The molecule has 9 nitrogen and oxygen atoms in total. The normalized spacial score (nSPS) is 12.2. The molecule has 1 amide bonds. The summed E-state index contributed by atoms with van der Waals surface area (Å²) in [6.45, 7) is 0.0472. The molecule has 2 rings (SSSR count). The van der Waals surface area contributed by atoms with E-state index in [4.69, 9.17) is 15.2 Å². The highest BCUT2D eigenvalue weighted by molar-refractivity contribution is 14.1. The van der Waals surface area contributed by atoms with Crippen LogP contribution in [0.1, 0.15) is 34.3 Å². The van der Waals surface area contributed by atoms with Gasteiger partial charge in [-0.1, -0.05) is 36.4 Å². The second kappa shape index (κ2) is 13.7. The highest BCUT2D eigenvalue weighted by Crippen LogP contribution is 2.19. The van der Waals surface area contributed by atoms with E-state index in [1.165, 1.54) is 14.2 Å². The minimum atomic E-state index is -1.03. The molecule has 10 heteroatoms. The number of carbonyl (C=O) groups is 4. The molecule has 0 fully saturated rings. The van der Waals surface area contributed by atoms with E-state index in [1.807, 2.05) is 30.3 Å². The highest BCUT2D eigenvalue weighted by atomic mass is 127. The number of esters is 2. The van der Waals surface area contributed by atoms with Crippen molar-refractivity contribution < 1.29 is 33.4 Å².